The summed E-state index contributed by atoms with van der Waals surface area (Å²) in [6, 6.07) is 36.9. The van der Waals surface area contributed by atoms with E-state index in [1.54, 1.807) is 23.5 Å². The van der Waals surface area contributed by atoms with Gasteiger partial charge in [-0.2, -0.15) is 0 Å². The Hall–Kier alpha value is -4.59. The van der Waals surface area contributed by atoms with Crippen LogP contribution in [0.1, 0.15) is 0 Å². The molecule has 0 saturated carbocycles. The van der Waals surface area contributed by atoms with E-state index in [0.717, 1.165) is 37.7 Å². The van der Waals surface area contributed by atoms with E-state index in [9.17, 15) is 8.42 Å². The molecule has 0 N–H and O–H groups in total. The number of sulfone groups is 1. The minimum absolute atomic E-state index is 0.278. The van der Waals surface area contributed by atoms with Gasteiger partial charge in [0.05, 0.1) is 31.8 Å². The lowest BCUT2D eigenvalue weighted by Crippen LogP contribution is -2.16. The normalized spacial score (nSPS) is 13.5. The summed E-state index contributed by atoms with van der Waals surface area (Å²) in [7, 11) is -3.81. The zero-order valence-corrected chi connectivity index (χ0v) is 22.1. The summed E-state index contributed by atoms with van der Waals surface area (Å²) in [6.45, 7) is 0. The molecule has 186 valence electrons. The van der Waals surface area contributed by atoms with Crippen LogP contribution in [-0.2, 0) is 9.84 Å². The predicted octanol–water partition coefficient (Wildman–Crippen LogP) is 7.78. The third-order valence-corrected chi connectivity index (χ3v) is 10.2. The van der Waals surface area contributed by atoms with Gasteiger partial charge >= 0.3 is 0 Å². The van der Waals surface area contributed by atoms with Crippen LogP contribution in [0.4, 0.5) is 0 Å². The monoisotopic (exact) mass is 541 g/mol. The third-order valence-electron chi connectivity index (χ3n) is 7.20. The second-order valence-corrected chi connectivity index (χ2v) is 12.4. The highest BCUT2D eigenvalue weighted by Gasteiger charge is 2.35. The van der Waals surface area contributed by atoms with Gasteiger partial charge < -0.3 is 0 Å². The number of aromatic nitrogens is 3. The SMILES string of the molecule is O=S1(=O)c2c(-c3ccc(-c4nc5ccccc5s4)cc3)cccc2-n2c(-c3ccccc3)nc3cccc1c32. The molecule has 0 fully saturated rings. The van der Waals surface area contributed by atoms with E-state index in [1.807, 2.05) is 102 Å². The summed E-state index contributed by atoms with van der Waals surface area (Å²) < 4.78 is 31.5. The Labute approximate surface area is 228 Å². The Morgan fingerprint density at radius 1 is 0.615 bits per heavy atom. The van der Waals surface area contributed by atoms with Crippen molar-refractivity contribution in [3.8, 4) is 38.8 Å². The van der Waals surface area contributed by atoms with E-state index in [1.165, 1.54) is 0 Å². The van der Waals surface area contributed by atoms with Crippen LogP contribution in [-0.4, -0.2) is 23.0 Å². The van der Waals surface area contributed by atoms with Crippen molar-refractivity contribution in [1.82, 2.24) is 14.5 Å². The average Bonchev–Trinajstić information content (AvgIpc) is 3.59. The van der Waals surface area contributed by atoms with Crippen LogP contribution < -0.4 is 0 Å². The molecule has 1 aliphatic heterocycles. The Balaban J connectivity index is 1.34. The predicted molar refractivity (Wildman–Crippen MR) is 156 cm³/mol. The smallest absolute Gasteiger partial charge is 0.211 e. The molecule has 0 radical (unpaired) electrons. The summed E-state index contributed by atoms with van der Waals surface area (Å²) >= 11 is 1.65. The maximum Gasteiger partial charge on any atom is 0.211 e. The van der Waals surface area contributed by atoms with Crippen LogP contribution in [0, 0.1) is 0 Å². The summed E-state index contributed by atoms with van der Waals surface area (Å²) in [4.78, 5) is 10.2. The molecule has 7 aromatic rings. The van der Waals surface area contributed by atoms with Crippen LogP contribution in [0.3, 0.4) is 0 Å². The van der Waals surface area contributed by atoms with Crippen molar-refractivity contribution in [1.29, 1.82) is 0 Å². The first-order chi connectivity index (χ1) is 19.1. The molecule has 5 nitrogen and oxygen atoms in total. The zero-order chi connectivity index (χ0) is 26.1. The lowest BCUT2D eigenvalue weighted by Gasteiger charge is -2.23. The number of imidazole rings is 1. The van der Waals surface area contributed by atoms with Gasteiger partial charge in [0.2, 0.25) is 9.84 Å². The lowest BCUT2D eigenvalue weighted by atomic mass is 10.0. The molecule has 8 rings (SSSR count). The number of rotatable bonds is 3. The van der Waals surface area contributed by atoms with Crippen molar-refractivity contribution in [2.75, 3.05) is 0 Å². The van der Waals surface area contributed by atoms with Crippen LogP contribution in [0.2, 0.25) is 0 Å². The molecule has 0 unspecified atom stereocenters. The molecule has 2 aromatic heterocycles. The molecule has 0 bridgehead atoms. The maximum absolute atomic E-state index is 14.2. The summed E-state index contributed by atoms with van der Waals surface area (Å²) in [5, 5.41) is 0.938. The largest absolute Gasteiger partial charge is 0.290 e. The lowest BCUT2D eigenvalue weighted by molar-refractivity contribution is 0.595. The van der Waals surface area contributed by atoms with Crippen LogP contribution in [0.5, 0.6) is 0 Å². The fourth-order valence-electron chi connectivity index (χ4n) is 5.44. The molecule has 0 amide bonds. The van der Waals surface area contributed by atoms with Crippen molar-refractivity contribution in [2.45, 2.75) is 9.79 Å². The summed E-state index contributed by atoms with van der Waals surface area (Å²) in [6.07, 6.45) is 0. The summed E-state index contributed by atoms with van der Waals surface area (Å²) in [5.41, 5.74) is 6.29. The molecular formula is C32H19N3O2S2. The molecule has 7 heteroatoms. The van der Waals surface area contributed by atoms with Crippen LogP contribution >= 0.6 is 11.3 Å². The quantitative estimate of drug-likeness (QED) is 0.229. The van der Waals surface area contributed by atoms with E-state index in [-0.39, 0.29) is 4.90 Å². The summed E-state index contributed by atoms with van der Waals surface area (Å²) in [5.74, 6) is 0.720. The first-order valence-electron chi connectivity index (χ1n) is 12.5. The van der Waals surface area contributed by atoms with Crippen LogP contribution in [0.15, 0.2) is 125 Å². The fraction of sp³-hybridized carbons (Fsp3) is 0. The van der Waals surface area contributed by atoms with Crippen molar-refractivity contribution in [3.63, 3.8) is 0 Å². The number of benzene rings is 5. The van der Waals surface area contributed by atoms with Gasteiger partial charge in [-0.05, 0) is 35.9 Å². The molecule has 3 heterocycles. The highest BCUT2D eigenvalue weighted by atomic mass is 32.2. The van der Waals surface area contributed by atoms with Gasteiger partial charge in [-0.3, -0.25) is 4.57 Å². The molecule has 0 aliphatic carbocycles. The van der Waals surface area contributed by atoms with Gasteiger partial charge in [0.15, 0.2) is 0 Å². The number of thiazole rings is 1. The Kier molecular flexibility index (Phi) is 4.71. The van der Waals surface area contributed by atoms with Crippen molar-refractivity contribution < 1.29 is 8.42 Å². The molecule has 1 aliphatic rings. The van der Waals surface area contributed by atoms with E-state index in [2.05, 4.69) is 6.07 Å². The molecule has 39 heavy (non-hydrogen) atoms. The highest BCUT2D eigenvalue weighted by molar-refractivity contribution is 7.92. The first kappa shape index (κ1) is 22.4. The van der Waals surface area contributed by atoms with Gasteiger partial charge in [0, 0.05) is 16.7 Å². The van der Waals surface area contributed by atoms with Crippen molar-refractivity contribution in [2.24, 2.45) is 0 Å². The van der Waals surface area contributed by atoms with Crippen molar-refractivity contribution >= 4 is 42.4 Å². The minimum atomic E-state index is -3.81. The Morgan fingerprint density at radius 3 is 2.15 bits per heavy atom. The number of fused-ring (bicyclic) bond motifs is 3. The minimum Gasteiger partial charge on any atom is -0.290 e. The van der Waals surface area contributed by atoms with Crippen molar-refractivity contribution in [3.05, 3.63) is 115 Å². The van der Waals surface area contributed by atoms with E-state index < -0.39 is 9.84 Å². The topological polar surface area (TPSA) is 64.8 Å². The maximum atomic E-state index is 14.2. The molecular weight excluding hydrogens is 523 g/mol. The molecule has 0 saturated heterocycles. The Morgan fingerprint density at radius 2 is 1.33 bits per heavy atom. The fourth-order valence-corrected chi connectivity index (χ4v) is 8.25. The third kappa shape index (κ3) is 3.27. The number of hydrogen-bond donors (Lipinski definition) is 0. The molecule has 0 spiro atoms. The Bertz CT molecular complexity index is 2150. The second kappa shape index (κ2) is 8.20. The number of para-hydroxylation sites is 2. The van der Waals surface area contributed by atoms with Gasteiger partial charge in [-0.1, -0.05) is 84.9 Å². The zero-order valence-electron chi connectivity index (χ0n) is 20.4. The second-order valence-electron chi connectivity index (χ2n) is 9.48. The standard InChI is InChI=1S/C32H19N3O2S2/c36-39(37)28-15-7-12-25-29(28)35(31(33-25)21-8-2-1-3-9-21)26-13-6-10-23(30(26)39)20-16-18-22(19-17-20)32-34-24-11-4-5-14-27(24)38-32/h1-19H. The van der Waals surface area contributed by atoms with Gasteiger partial charge in [-0.25, -0.2) is 18.4 Å². The highest BCUT2D eigenvalue weighted by Crippen LogP contribution is 2.45. The van der Waals surface area contributed by atoms with E-state index in [0.29, 0.717) is 27.2 Å². The first-order valence-corrected chi connectivity index (χ1v) is 14.8. The van der Waals surface area contributed by atoms with Gasteiger partial charge in [-0.15, -0.1) is 11.3 Å². The van der Waals surface area contributed by atoms with E-state index >= 15 is 0 Å². The molecule has 5 aromatic carbocycles. The average molecular weight is 542 g/mol. The van der Waals surface area contributed by atoms with Gasteiger partial charge in [0.25, 0.3) is 0 Å². The number of nitrogens with zero attached hydrogens (tertiary/aromatic N) is 3. The van der Waals surface area contributed by atoms with E-state index in [4.69, 9.17) is 9.97 Å². The molecule has 0 atom stereocenters. The van der Waals surface area contributed by atoms with Crippen LogP contribution in [0.25, 0.3) is 60.0 Å². The van der Waals surface area contributed by atoms with Gasteiger partial charge in [0.1, 0.15) is 15.7 Å². The number of hydrogen-bond acceptors (Lipinski definition) is 5.